The van der Waals surface area contributed by atoms with Crippen molar-refractivity contribution in [1.29, 1.82) is 0 Å². The Morgan fingerprint density at radius 1 is 1.70 bits per heavy atom. The lowest BCUT2D eigenvalue weighted by Crippen LogP contribution is -2.33. The number of Topliss-reactive ketones (excluding diaryl/α,β-unsaturated/α-hetero) is 1. The van der Waals surface area contributed by atoms with E-state index in [9.17, 15) is 9.90 Å². The summed E-state index contributed by atoms with van der Waals surface area (Å²) in [4.78, 5) is 11.0. The zero-order chi connectivity index (χ0) is 7.72. The standard InChI is InChI=1S/C7H13NO2/c1-4-3-5(8-2)7(10)6(4)9/h4-6,8-9H,3H2,1-2H3. The first kappa shape index (κ1) is 7.69. The molecule has 58 valence electrons. The van der Waals surface area contributed by atoms with Crippen molar-refractivity contribution in [2.75, 3.05) is 7.05 Å². The van der Waals surface area contributed by atoms with E-state index in [1.54, 1.807) is 7.05 Å². The van der Waals surface area contributed by atoms with E-state index < -0.39 is 6.10 Å². The van der Waals surface area contributed by atoms with E-state index in [2.05, 4.69) is 5.32 Å². The van der Waals surface area contributed by atoms with Gasteiger partial charge in [-0.05, 0) is 19.4 Å². The fourth-order valence-electron chi connectivity index (χ4n) is 1.36. The van der Waals surface area contributed by atoms with Crippen LogP contribution in [0.15, 0.2) is 0 Å². The van der Waals surface area contributed by atoms with Crippen LogP contribution in [0, 0.1) is 5.92 Å². The molecule has 0 radical (unpaired) electrons. The molecule has 3 atom stereocenters. The lowest BCUT2D eigenvalue weighted by atomic mass is 10.1. The first-order valence-electron chi connectivity index (χ1n) is 3.56. The molecule has 1 fully saturated rings. The molecule has 1 aliphatic rings. The van der Waals surface area contributed by atoms with Crippen LogP contribution in [0.3, 0.4) is 0 Å². The summed E-state index contributed by atoms with van der Waals surface area (Å²) in [5, 5.41) is 12.0. The third-order valence-corrected chi connectivity index (χ3v) is 2.13. The molecule has 0 aliphatic heterocycles. The van der Waals surface area contributed by atoms with E-state index >= 15 is 0 Å². The minimum atomic E-state index is -0.738. The molecular weight excluding hydrogens is 130 g/mol. The molecule has 0 heterocycles. The van der Waals surface area contributed by atoms with E-state index in [-0.39, 0.29) is 17.7 Å². The molecule has 2 N–H and O–H groups in total. The van der Waals surface area contributed by atoms with Crippen molar-refractivity contribution in [3.63, 3.8) is 0 Å². The second kappa shape index (κ2) is 2.68. The molecule has 0 saturated heterocycles. The van der Waals surface area contributed by atoms with Crippen LogP contribution in [0.25, 0.3) is 0 Å². The maximum Gasteiger partial charge on any atom is 0.178 e. The molecular formula is C7H13NO2. The molecule has 0 amide bonds. The molecule has 0 aromatic heterocycles. The summed E-state index contributed by atoms with van der Waals surface area (Å²) in [5.41, 5.74) is 0. The highest BCUT2D eigenvalue weighted by Crippen LogP contribution is 2.21. The third kappa shape index (κ3) is 1.07. The maximum atomic E-state index is 11.0. The number of carbonyl (C=O) groups is 1. The Bertz CT molecular complexity index is 147. The van der Waals surface area contributed by atoms with Crippen molar-refractivity contribution >= 4 is 5.78 Å². The van der Waals surface area contributed by atoms with Crippen molar-refractivity contribution in [2.24, 2.45) is 5.92 Å². The molecule has 1 saturated carbocycles. The topological polar surface area (TPSA) is 49.3 Å². The van der Waals surface area contributed by atoms with Gasteiger partial charge in [0.15, 0.2) is 5.78 Å². The Balaban J connectivity index is 2.62. The highest BCUT2D eigenvalue weighted by atomic mass is 16.3. The number of rotatable bonds is 1. The van der Waals surface area contributed by atoms with Crippen molar-refractivity contribution in [2.45, 2.75) is 25.5 Å². The van der Waals surface area contributed by atoms with Gasteiger partial charge in [0, 0.05) is 0 Å². The van der Waals surface area contributed by atoms with Gasteiger partial charge in [0.25, 0.3) is 0 Å². The first-order valence-corrected chi connectivity index (χ1v) is 3.56. The summed E-state index contributed by atoms with van der Waals surface area (Å²) in [5.74, 6) is 0.0555. The van der Waals surface area contributed by atoms with E-state index in [0.717, 1.165) is 6.42 Å². The van der Waals surface area contributed by atoms with Crippen LogP contribution < -0.4 is 5.32 Å². The fourth-order valence-corrected chi connectivity index (χ4v) is 1.36. The monoisotopic (exact) mass is 143 g/mol. The average Bonchev–Trinajstić information content (AvgIpc) is 2.17. The number of hydrogen-bond donors (Lipinski definition) is 2. The van der Waals surface area contributed by atoms with Gasteiger partial charge in [-0.25, -0.2) is 0 Å². The van der Waals surface area contributed by atoms with E-state index in [1.807, 2.05) is 6.92 Å². The van der Waals surface area contributed by atoms with E-state index in [0.29, 0.717) is 0 Å². The van der Waals surface area contributed by atoms with Gasteiger partial charge in [-0.15, -0.1) is 0 Å². The average molecular weight is 143 g/mol. The normalized spacial score (nSPS) is 40.7. The Hall–Kier alpha value is -0.410. The predicted octanol–water partition coefficient (Wildman–Crippen LogP) is -0.456. The SMILES string of the molecule is CNC1CC(C)C(O)C1=O. The molecule has 3 heteroatoms. The highest BCUT2D eigenvalue weighted by Gasteiger charge is 2.37. The number of nitrogens with one attached hydrogen (secondary N) is 1. The van der Waals surface area contributed by atoms with Crippen LogP contribution in [-0.2, 0) is 4.79 Å². The number of ketones is 1. The van der Waals surface area contributed by atoms with Gasteiger partial charge in [0.05, 0.1) is 6.04 Å². The predicted molar refractivity (Wildman–Crippen MR) is 37.6 cm³/mol. The van der Waals surface area contributed by atoms with Crippen LogP contribution in [0.4, 0.5) is 0 Å². The van der Waals surface area contributed by atoms with Crippen molar-refractivity contribution in [3.05, 3.63) is 0 Å². The minimum absolute atomic E-state index is 0.0602. The third-order valence-electron chi connectivity index (χ3n) is 2.13. The summed E-state index contributed by atoms with van der Waals surface area (Å²) < 4.78 is 0. The minimum Gasteiger partial charge on any atom is -0.385 e. The maximum absolute atomic E-state index is 11.0. The number of carbonyl (C=O) groups excluding carboxylic acids is 1. The molecule has 3 nitrogen and oxygen atoms in total. The molecule has 0 bridgehead atoms. The molecule has 1 rings (SSSR count). The summed E-state index contributed by atoms with van der Waals surface area (Å²) in [6, 6.07) is -0.120. The molecule has 3 unspecified atom stereocenters. The molecule has 0 aromatic rings. The summed E-state index contributed by atoms with van der Waals surface area (Å²) in [7, 11) is 1.74. The Kier molecular flexibility index (Phi) is 2.06. The van der Waals surface area contributed by atoms with Gasteiger partial charge in [-0.1, -0.05) is 6.92 Å². The van der Waals surface area contributed by atoms with Crippen LogP contribution in [0.1, 0.15) is 13.3 Å². The fraction of sp³-hybridized carbons (Fsp3) is 0.857. The number of aliphatic hydroxyl groups excluding tert-OH is 1. The van der Waals surface area contributed by atoms with Gasteiger partial charge in [0.2, 0.25) is 0 Å². The Labute approximate surface area is 60.4 Å². The quantitative estimate of drug-likeness (QED) is 0.522. The summed E-state index contributed by atoms with van der Waals surface area (Å²) >= 11 is 0. The Morgan fingerprint density at radius 3 is 2.50 bits per heavy atom. The summed E-state index contributed by atoms with van der Waals surface area (Å²) in [6.45, 7) is 1.89. The van der Waals surface area contributed by atoms with Gasteiger partial charge in [0.1, 0.15) is 6.10 Å². The van der Waals surface area contributed by atoms with Crippen LogP contribution in [0.2, 0.25) is 0 Å². The van der Waals surface area contributed by atoms with Crippen LogP contribution >= 0.6 is 0 Å². The largest absolute Gasteiger partial charge is 0.385 e. The molecule has 1 aliphatic carbocycles. The molecule has 0 spiro atoms. The van der Waals surface area contributed by atoms with Crippen molar-refractivity contribution in [1.82, 2.24) is 5.32 Å². The van der Waals surface area contributed by atoms with E-state index in [1.165, 1.54) is 0 Å². The van der Waals surface area contributed by atoms with Crippen LogP contribution in [-0.4, -0.2) is 30.1 Å². The van der Waals surface area contributed by atoms with Gasteiger partial charge >= 0.3 is 0 Å². The van der Waals surface area contributed by atoms with Crippen molar-refractivity contribution < 1.29 is 9.90 Å². The second-order valence-electron chi connectivity index (χ2n) is 2.90. The van der Waals surface area contributed by atoms with Crippen LogP contribution in [0.5, 0.6) is 0 Å². The van der Waals surface area contributed by atoms with Gasteiger partial charge < -0.3 is 10.4 Å². The molecule has 10 heavy (non-hydrogen) atoms. The number of aliphatic hydroxyl groups is 1. The zero-order valence-electron chi connectivity index (χ0n) is 6.29. The second-order valence-corrected chi connectivity index (χ2v) is 2.90. The number of likely N-dealkylation sites (N-methyl/N-ethyl adjacent to an activating group) is 1. The van der Waals surface area contributed by atoms with Crippen molar-refractivity contribution in [3.8, 4) is 0 Å². The number of hydrogen-bond acceptors (Lipinski definition) is 3. The zero-order valence-corrected chi connectivity index (χ0v) is 6.29. The Morgan fingerprint density at radius 2 is 2.30 bits per heavy atom. The van der Waals surface area contributed by atoms with E-state index in [4.69, 9.17) is 0 Å². The lowest BCUT2D eigenvalue weighted by molar-refractivity contribution is -0.126. The summed E-state index contributed by atoms with van der Waals surface area (Å²) in [6.07, 6.45) is 0.0219. The van der Waals surface area contributed by atoms with Gasteiger partial charge in [-0.3, -0.25) is 4.79 Å². The van der Waals surface area contributed by atoms with Gasteiger partial charge in [-0.2, -0.15) is 0 Å². The smallest absolute Gasteiger partial charge is 0.178 e. The first-order chi connectivity index (χ1) is 4.66. The lowest BCUT2D eigenvalue weighted by Gasteiger charge is -2.03. The molecule has 0 aromatic carbocycles. The highest BCUT2D eigenvalue weighted by molar-refractivity contribution is 5.90.